The number of rotatable bonds is 10. The number of carbonyl (C=O) groups is 3. The molecular formula is C21H23N3O8. The maximum Gasteiger partial charge on any atom is 0.408 e. The minimum Gasteiger partial charge on any atom is -0.467 e. The predicted molar refractivity (Wildman–Crippen MR) is 111 cm³/mol. The molecular weight excluding hydrogens is 422 g/mol. The second kappa shape index (κ2) is 12.0. The van der Waals surface area contributed by atoms with Crippen LogP contribution in [0.2, 0.25) is 0 Å². The lowest BCUT2D eigenvalue weighted by molar-refractivity contribution is -0.385. The van der Waals surface area contributed by atoms with Crippen LogP contribution in [0.1, 0.15) is 11.1 Å². The zero-order valence-electron chi connectivity index (χ0n) is 17.2. The number of hydrogen-bond donors (Lipinski definition) is 3. The van der Waals surface area contributed by atoms with E-state index in [-0.39, 0.29) is 24.3 Å². The maximum atomic E-state index is 12.5. The first kappa shape index (κ1) is 24.3. The third kappa shape index (κ3) is 7.06. The molecule has 2 amide bonds. The number of benzene rings is 2. The standard InChI is InChI=1S/C21H23N3O8/c1-31-20(27)16(11-15-9-5-6-10-18(15)24(29)30)22-19(26)17(12-25)23-21(28)32-13-14-7-3-2-4-8-14/h2-10,16-17,25H,11-13H2,1H3,(H,22,26)(H,23,28)/t16-,17+/m1/s1. The zero-order valence-corrected chi connectivity index (χ0v) is 17.2. The SMILES string of the molecule is COC(=O)[C@@H](Cc1ccccc1[N+](=O)[O-])NC(=O)[C@H](CO)NC(=O)OCc1ccccc1. The van der Waals surface area contributed by atoms with Crippen molar-refractivity contribution in [1.82, 2.24) is 10.6 Å². The molecule has 11 heteroatoms. The molecule has 2 aromatic rings. The summed E-state index contributed by atoms with van der Waals surface area (Å²) in [6.45, 7) is -0.819. The number of alkyl carbamates (subject to hydrolysis) is 1. The minimum absolute atomic E-state index is 0.0467. The second-order valence-electron chi connectivity index (χ2n) is 6.62. The fourth-order valence-corrected chi connectivity index (χ4v) is 2.79. The number of methoxy groups -OCH3 is 1. The average molecular weight is 445 g/mol. The second-order valence-corrected chi connectivity index (χ2v) is 6.62. The highest BCUT2D eigenvalue weighted by Gasteiger charge is 2.29. The fraction of sp³-hybridized carbons (Fsp3) is 0.286. The molecule has 0 aliphatic carbocycles. The molecule has 0 unspecified atom stereocenters. The molecule has 0 aliphatic rings. The number of amides is 2. The minimum atomic E-state index is -1.42. The van der Waals surface area contributed by atoms with E-state index >= 15 is 0 Å². The van der Waals surface area contributed by atoms with Gasteiger partial charge in [-0.2, -0.15) is 0 Å². The van der Waals surface area contributed by atoms with Gasteiger partial charge in [0.15, 0.2) is 0 Å². The van der Waals surface area contributed by atoms with Gasteiger partial charge in [0.05, 0.1) is 18.6 Å². The van der Waals surface area contributed by atoms with Crippen LogP contribution >= 0.6 is 0 Å². The molecule has 0 saturated carbocycles. The number of aliphatic hydroxyl groups is 1. The average Bonchev–Trinajstić information content (AvgIpc) is 2.81. The Morgan fingerprint density at radius 3 is 2.31 bits per heavy atom. The number of para-hydroxylation sites is 1. The monoisotopic (exact) mass is 445 g/mol. The molecule has 2 atom stereocenters. The largest absolute Gasteiger partial charge is 0.467 e. The smallest absolute Gasteiger partial charge is 0.408 e. The van der Waals surface area contributed by atoms with Gasteiger partial charge in [0.1, 0.15) is 18.7 Å². The topological polar surface area (TPSA) is 157 Å². The van der Waals surface area contributed by atoms with Crippen LogP contribution in [-0.4, -0.2) is 53.8 Å². The Hall–Kier alpha value is -3.99. The van der Waals surface area contributed by atoms with Crippen LogP contribution in [-0.2, 0) is 32.1 Å². The van der Waals surface area contributed by atoms with Gasteiger partial charge in [-0.05, 0) is 5.56 Å². The van der Waals surface area contributed by atoms with E-state index < -0.39 is 41.6 Å². The van der Waals surface area contributed by atoms with Gasteiger partial charge in [0, 0.05) is 18.1 Å². The first-order valence-corrected chi connectivity index (χ1v) is 9.54. The van der Waals surface area contributed by atoms with Crippen molar-refractivity contribution >= 4 is 23.7 Å². The van der Waals surface area contributed by atoms with Gasteiger partial charge >= 0.3 is 12.1 Å². The lowest BCUT2D eigenvalue weighted by Crippen LogP contribution is -2.54. The fourth-order valence-electron chi connectivity index (χ4n) is 2.79. The number of hydrogen-bond acceptors (Lipinski definition) is 8. The van der Waals surface area contributed by atoms with Crippen molar-refractivity contribution in [2.45, 2.75) is 25.1 Å². The lowest BCUT2D eigenvalue weighted by atomic mass is 10.0. The van der Waals surface area contributed by atoms with E-state index in [0.717, 1.165) is 12.7 Å². The highest BCUT2D eigenvalue weighted by atomic mass is 16.6. The zero-order chi connectivity index (χ0) is 23.5. The first-order valence-electron chi connectivity index (χ1n) is 9.54. The Kier molecular flexibility index (Phi) is 9.11. The third-order valence-corrected chi connectivity index (χ3v) is 4.42. The van der Waals surface area contributed by atoms with Crippen LogP contribution in [0.25, 0.3) is 0 Å². The van der Waals surface area contributed by atoms with E-state index in [4.69, 9.17) is 4.74 Å². The molecule has 3 N–H and O–H groups in total. The molecule has 0 fully saturated rings. The summed E-state index contributed by atoms with van der Waals surface area (Å²) in [6.07, 6.45) is -1.18. The number of ether oxygens (including phenoxy) is 2. The number of nitro groups is 1. The van der Waals surface area contributed by atoms with Gasteiger partial charge in [-0.15, -0.1) is 0 Å². The van der Waals surface area contributed by atoms with Gasteiger partial charge < -0.3 is 25.2 Å². The summed E-state index contributed by atoms with van der Waals surface area (Å²) in [5.41, 5.74) is 0.698. The molecule has 2 aromatic carbocycles. The summed E-state index contributed by atoms with van der Waals surface area (Å²) in [5.74, 6) is -1.74. The number of carbonyl (C=O) groups excluding carboxylic acids is 3. The molecule has 0 spiro atoms. The van der Waals surface area contributed by atoms with Crippen LogP contribution in [0.15, 0.2) is 54.6 Å². The van der Waals surface area contributed by atoms with Crippen LogP contribution in [0, 0.1) is 10.1 Å². The number of esters is 1. The Morgan fingerprint density at radius 2 is 1.69 bits per heavy atom. The van der Waals surface area contributed by atoms with Crippen molar-refractivity contribution in [2.75, 3.05) is 13.7 Å². The molecule has 0 aliphatic heterocycles. The normalized spacial score (nSPS) is 12.2. The first-order chi connectivity index (χ1) is 15.3. The van der Waals surface area contributed by atoms with Crippen molar-refractivity contribution < 1.29 is 33.9 Å². The van der Waals surface area contributed by atoms with Crippen molar-refractivity contribution in [3.63, 3.8) is 0 Å². The molecule has 0 bridgehead atoms. The predicted octanol–water partition coefficient (Wildman–Crippen LogP) is 1.08. The number of nitro benzene ring substituents is 1. The van der Waals surface area contributed by atoms with Crippen molar-refractivity contribution in [3.8, 4) is 0 Å². The summed E-state index contributed by atoms with van der Waals surface area (Å²) >= 11 is 0. The third-order valence-electron chi connectivity index (χ3n) is 4.42. The Labute approximate surface area is 183 Å². The molecule has 0 saturated heterocycles. The van der Waals surface area contributed by atoms with E-state index in [1.165, 1.54) is 18.2 Å². The van der Waals surface area contributed by atoms with Crippen molar-refractivity contribution in [1.29, 1.82) is 0 Å². The van der Waals surface area contributed by atoms with Gasteiger partial charge in [0.2, 0.25) is 5.91 Å². The molecule has 0 radical (unpaired) electrons. The number of aliphatic hydroxyl groups excluding tert-OH is 1. The summed E-state index contributed by atoms with van der Waals surface area (Å²) in [7, 11) is 1.10. The van der Waals surface area contributed by atoms with Crippen molar-refractivity contribution in [2.24, 2.45) is 0 Å². The summed E-state index contributed by atoms with van der Waals surface area (Å²) < 4.78 is 9.68. The molecule has 11 nitrogen and oxygen atoms in total. The molecule has 32 heavy (non-hydrogen) atoms. The highest BCUT2D eigenvalue weighted by Crippen LogP contribution is 2.19. The lowest BCUT2D eigenvalue weighted by Gasteiger charge is -2.21. The summed E-state index contributed by atoms with van der Waals surface area (Å²) in [6, 6.07) is 11.9. The maximum absolute atomic E-state index is 12.5. The van der Waals surface area contributed by atoms with Crippen LogP contribution in [0.3, 0.4) is 0 Å². The van der Waals surface area contributed by atoms with Crippen LogP contribution in [0.4, 0.5) is 10.5 Å². The Morgan fingerprint density at radius 1 is 1.03 bits per heavy atom. The Balaban J connectivity index is 2.03. The quantitative estimate of drug-likeness (QED) is 0.279. The molecule has 170 valence electrons. The van der Waals surface area contributed by atoms with E-state index in [1.807, 2.05) is 0 Å². The van der Waals surface area contributed by atoms with E-state index in [1.54, 1.807) is 36.4 Å². The van der Waals surface area contributed by atoms with E-state index in [0.29, 0.717) is 0 Å². The molecule has 0 heterocycles. The van der Waals surface area contributed by atoms with Gasteiger partial charge in [-0.1, -0.05) is 48.5 Å². The van der Waals surface area contributed by atoms with Gasteiger partial charge in [0.25, 0.3) is 5.69 Å². The van der Waals surface area contributed by atoms with Gasteiger partial charge in [-0.3, -0.25) is 14.9 Å². The number of nitrogens with one attached hydrogen (secondary N) is 2. The van der Waals surface area contributed by atoms with Crippen LogP contribution < -0.4 is 10.6 Å². The van der Waals surface area contributed by atoms with Crippen molar-refractivity contribution in [3.05, 3.63) is 75.8 Å². The van der Waals surface area contributed by atoms with Crippen LogP contribution in [0.5, 0.6) is 0 Å². The highest BCUT2D eigenvalue weighted by molar-refractivity contribution is 5.90. The molecule has 0 aromatic heterocycles. The van der Waals surface area contributed by atoms with E-state index in [2.05, 4.69) is 15.4 Å². The van der Waals surface area contributed by atoms with Gasteiger partial charge in [-0.25, -0.2) is 9.59 Å². The summed E-state index contributed by atoms with van der Waals surface area (Å²) in [4.78, 5) is 47.3. The summed E-state index contributed by atoms with van der Waals surface area (Å²) in [5, 5.41) is 25.3. The molecule has 2 rings (SSSR count). The van der Waals surface area contributed by atoms with E-state index in [9.17, 15) is 29.6 Å². The number of nitrogens with zero attached hydrogens (tertiary/aromatic N) is 1. The Bertz CT molecular complexity index is 951.